The quantitative estimate of drug-likeness (QED) is 0.615. The van der Waals surface area contributed by atoms with Crippen molar-refractivity contribution in [3.8, 4) is 5.75 Å². The molecule has 0 bridgehead atoms. The van der Waals surface area contributed by atoms with Crippen LogP contribution in [0, 0.1) is 0 Å². The van der Waals surface area contributed by atoms with Crippen molar-refractivity contribution in [2.75, 3.05) is 13.2 Å². The number of nitrogens with zero attached hydrogens (tertiary/aromatic N) is 1. The molecular weight excluding hydrogens is 232 g/mol. The van der Waals surface area contributed by atoms with E-state index in [0.717, 1.165) is 24.4 Å². The molecule has 0 aromatic heterocycles. The topological polar surface area (TPSA) is 61.8 Å². The molecule has 2 N–H and O–H groups in total. The van der Waals surface area contributed by atoms with Gasteiger partial charge in [0, 0.05) is 23.7 Å². The normalized spacial score (nSPS) is 19.6. The minimum atomic E-state index is -0.522. The van der Waals surface area contributed by atoms with Gasteiger partial charge in [-0.2, -0.15) is 0 Å². The monoisotopic (exact) mass is 250 g/mol. The molecule has 0 spiro atoms. The molecule has 0 fully saturated rings. The number of carbonyl (C=O) groups is 1. The summed E-state index contributed by atoms with van der Waals surface area (Å²) in [6.07, 6.45) is 0. The van der Waals surface area contributed by atoms with Crippen molar-refractivity contribution in [1.82, 2.24) is 10.4 Å². The summed E-state index contributed by atoms with van der Waals surface area (Å²) in [7, 11) is 0. The van der Waals surface area contributed by atoms with Crippen LogP contribution in [-0.4, -0.2) is 35.2 Å². The van der Waals surface area contributed by atoms with E-state index in [-0.39, 0.29) is 0 Å². The number of hydrogen-bond acceptors (Lipinski definition) is 4. The van der Waals surface area contributed by atoms with Crippen LogP contribution >= 0.6 is 0 Å². The number of rotatable bonds is 2. The molecule has 0 aliphatic carbocycles. The second-order valence-corrected chi connectivity index (χ2v) is 4.49. The van der Waals surface area contributed by atoms with Gasteiger partial charge in [0.2, 0.25) is 0 Å². The van der Waals surface area contributed by atoms with Gasteiger partial charge in [0.1, 0.15) is 12.4 Å². The zero-order chi connectivity index (χ0) is 13.1. The molecule has 5 nitrogen and oxygen atoms in total. The molecule has 1 aromatic rings. The minimum absolute atomic E-state index is 0.345. The van der Waals surface area contributed by atoms with Gasteiger partial charge in [0.25, 0.3) is 5.91 Å². The Morgan fingerprint density at radius 3 is 3.06 bits per heavy atom. The fraction of sp³-hybridized carbons (Fsp3) is 0.462. The lowest BCUT2D eigenvalue weighted by molar-refractivity contribution is 0.0706. The van der Waals surface area contributed by atoms with Gasteiger partial charge in [-0.05, 0) is 25.6 Å². The highest BCUT2D eigenvalue weighted by Gasteiger charge is 2.21. The standard InChI is InChI=1S/C13H18N2O3/c1-3-15-7-11-5-4-10(13(16)14-17)6-12(11)18-8-9(15)2/h4-6,9,17H,3,7-8H2,1-2H3,(H,14,16)/t9-/m0/s1. The maximum absolute atomic E-state index is 11.3. The lowest BCUT2D eigenvalue weighted by atomic mass is 10.1. The molecule has 1 aliphatic heterocycles. The molecule has 98 valence electrons. The fourth-order valence-electron chi connectivity index (χ4n) is 2.14. The van der Waals surface area contributed by atoms with Crippen molar-refractivity contribution in [2.24, 2.45) is 0 Å². The molecule has 18 heavy (non-hydrogen) atoms. The predicted octanol–water partition coefficient (Wildman–Crippen LogP) is 1.41. The van der Waals surface area contributed by atoms with Crippen molar-refractivity contribution in [1.29, 1.82) is 0 Å². The van der Waals surface area contributed by atoms with E-state index in [1.807, 2.05) is 6.07 Å². The minimum Gasteiger partial charge on any atom is -0.492 e. The number of likely N-dealkylation sites (N-methyl/N-ethyl adjacent to an activating group) is 1. The zero-order valence-electron chi connectivity index (χ0n) is 10.6. The van der Waals surface area contributed by atoms with Gasteiger partial charge in [0.15, 0.2) is 0 Å². The number of amides is 1. The van der Waals surface area contributed by atoms with Crippen LogP contribution in [0.4, 0.5) is 0 Å². The van der Waals surface area contributed by atoms with Crippen LogP contribution in [0.2, 0.25) is 0 Å². The third kappa shape index (κ3) is 2.47. The smallest absolute Gasteiger partial charge is 0.274 e. The molecule has 0 saturated heterocycles. The molecule has 1 aromatic carbocycles. The SMILES string of the molecule is CCN1Cc2ccc(C(=O)NO)cc2OC[C@@H]1C. The Morgan fingerprint density at radius 1 is 1.61 bits per heavy atom. The van der Waals surface area contributed by atoms with Gasteiger partial charge in [0.05, 0.1) is 0 Å². The molecular formula is C13H18N2O3. The summed E-state index contributed by atoms with van der Waals surface area (Å²) in [6.45, 7) is 6.62. The average Bonchev–Trinajstić information content (AvgIpc) is 2.56. The van der Waals surface area contributed by atoms with E-state index in [1.165, 1.54) is 0 Å². The maximum Gasteiger partial charge on any atom is 0.274 e. The molecule has 0 unspecified atom stereocenters. The number of ether oxygens (including phenoxy) is 1. The molecule has 5 heteroatoms. The molecule has 0 radical (unpaired) electrons. The Labute approximate surface area is 106 Å². The van der Waals surface area contributed by atoms with E-state index in [9.17, 15) is 4.79 Å². The van der Waals surface area contributed by atoms with Crippen molar-refractivity contribution >= 4 is 5.91 Å². The number of hydroxylamine groups is 1. The van der Waals surface area contributed by atoms with Gasteiger partial charge in [-0.3, -0.25) is 14.9 Å². The first-order chi connectivity index (χ1) is 8.65. The van der Waals surface area contributed by atoms with Crippen LogP contribution in [0.1, 0.15) is 29.8 Å². The van der Waals surface area contributed by atoms with E-state index < -0.39 is 5.91 Å². The van der Waals surface area contributed by atoms with Gasteiger partial charge in [-0.1, -0.05) is 13.0 Å². The highest BCUT2D eigenvalue weighted by atomic mass is 16.5. The van der Waals surface area contributed by atoms with Crippen molar-refractivity contribution in [3.63, 3.8) is 0 Å². The molecule has 1 atom stereocenters. The molecule has 1 aliphatic rings. The zero-order valence-corrected chi connectivity index (χ0v) is 10.6. The number of nitrogens with one attached hydrogen (secondary N) is 1. The van der Waals surface area contributed by atoms with Crippen molar-refractivity contribution in [3.05, 3.63) is 29.3 Å². The van der Waals surface area contributed by atoms with E-state index in [0.29, 0.717) is 18.2 Å². The summed E-state index contributed by atoms with van der Waals surface area (Å²) < 4.78 is 5.72. The highest BCUT2D eigenvalue weighted by molar-refractivity contribution is 5.93. The number of benzene rings is 1. The van der Waals surface area contributed by atoms with Gasteiger partial charge < -0.3 is 4.74 Å². The Morgan fingerprint density at radius 2 is 2.39 bits per heavy atom. The van der Waals surface area contributed by atoms with Gasteiger partial charge in [-0.25, -0.2) is 5.48 Å². The van der Waals surface area contributed by atoms with Crippen molar-refractivity contribution < 1.29 is 14.7 Å². The lowest BCUT2D eigenvalue weighted by Crippen LogP contribution is -2.34. The maximum atomic E-state index is 11.3. The largest absolute Gasteiger partial charge is 0.492 e. The van der Waals surface area contributed by atoms with Gasteiger partial charge >= 0.3 is 0 Å². The summed E-state index contributed by atoms with van der Waals surface area (Å²) >= 11 is 0. The summed E-state index contributed by atoms with van der Waals surface area (Å²) in [5.74, 6) is 0.199. The van der Waals surface area contributed by atoms with Gasteiger partial charge in [-0.15, -0.1) is 0 Å². The Balaban J connectivity index is 2.29. The van der Waals surface area contributed by atoms with Crippen LogP contribution in [0.15, 0.2) is 18.2 Å². The first kappa shape index (κ1) is 12.9. The number of carbonyl (C=O) groups excluding carboxylic acids is 1. The van der Waals surface area contributed by atoms with Crippen molar-refractivity contribution in [2.45, 2.75) is 26.4 Å². The van der Waals surface area contributed by atoms with E-state index in [2.05, 4.69) is 18.7 Å². The molecule has 0 saturated carbocycles. The van der Waals surface area contributed by atoms with Crippen LogP contribution in [-0.2, 0) is 6.54 Å². The van der Waals surface area contributed by atoms with E-state index in [1.54, 1.807) is 17.6 Å². The molecule has 1 amide bonds. The summed E-state index contributed by atoms with van der Waals surface area (Å²) in [6, 6.07) is 5.59. The van der Waals surface area contributed by atoms with E-state index in [4.69, 9.17) is 9.94 Å². The number of fused-ring (bicyclic) bond motifs is 1. The third-order valence-corrected chi connectivity index (χ3v) is 3.31. The third-order valence-electron chi connectivity index (χ3n) is 3.31. The second-order valence-electron chi connectivity index (χ2n) is 4.49. The average molecular weight is 250 g/mol. The Kier molecular flexibility index (Phi) is 3.84. The first-order valence-electron chi connectivity index (χ1n) is 6.10. The van der Waals surface area contributed by atoms with Crippen LogP contribution < -0.4 is 10.2 Å². The first-order valence-corrected chi connectivity index (χ1v) is 6.10. The lowest BCUT2D eigenvalue weighted by Gasteiger charge is -2.23. The predicted molar refractivity (Wildman–Crippen MR) is 66.7 cm³/mol. The summed E-state index contributed by atoms with van der Waals surface area (Å²) in [5, 5.41) is 8.62. The number of hydrogen-bond donors (Lipinski definition) is 2. The Hall–Kier alpha value is -1.59. The highest BCUT2D eigenvalue weighted by Crippen LogP contribution is 2.26. The molecule has 2 rings (SSSR count). The molecule has 1 heterocycles. The van der Waals surface area contributed by atoms with Crippen LogP contribution in [0.3, 0.4) is 0 Å². The summed E-state index contributed by atoms with van der Waals surface area (Å²) in [5.41, 5.74) is 3.09. The second kappa shape index (κ2) is 5.37. The van der Waals surface area contributed by atoms with E-state index >= 15 is 0 Å². The van der Waals surface area contributed by atoms with Crippen LogP contribution in [0.5, 0.6) is 5.75 Å². The van der Waals surface area contributed by atoms with Crippen LogP contribution in [0.25, 0.3) is 0 Å². The fourth-order valence-corrected chi connectivity index (χ4v) is 2.14. The Bertz CT molecular complexity index is 448. The summed E-state index contributed by atoms with van der Waals surface area (Å²) in [4.78, 5) is 13.7.